The van der Waals surface area contributed by atoms with Crippen LogP contribution in [0.1, 0.15) is 116 Å². The van der Waals surface area contributed by atoms with Gasteiger partial charge in [0.15, 0.2) is 0 Å². The van der Waals surface area contributed by atoms with Gasteiger partial charge in [-0.05, 0) is 97.9 Å². The highest BCUT2D eigenvalue weighted by molar-refractivity contribution is 5.64. The monoisotopic (exact) mass is 1210 g/mol. The third kappa shape index (κ3) is 16.7. The SMILES string of the molecule is C#CCOc1cc(OCC#C)c2cc1C(CCc1ccccc1)c1cc(c(OCC#C)cc1OCC#C)C(CCc1ccccc1)c1cc(c(OCC#C)cc1OCC#C)C(CCc1ccccc1)c1cc(c(OCC#C)cc1OCC#C)C2CCc1ccccc1. The van der Waals surface area contributed by atoms with Gasteiger partial charge in [0.1, 0.15) is 98.9 Å². The Labute approximate surface area is 544 Å². The van der Waals surface area contributed by atoms with Crippen molar-refractivity contribution in [1.29, 1.82) is 0 Å². The topological polar surface area (TPSA) is 73.8 Å². The van der Waals surface area contributed by atoms with E-state index in [-0.39, 0.29) is 52.9 Å². The van der Waals surface area contributed by atoms with Crippen molar-refractivity contribution in [2.45, 2.75) is 75.0 Å². The molecule has 456 valence electrons. The molecule has 0 heterocycles. The van der Waals surface area contributed by atoms with Gasteiger partial charge < -0.3 is 37.9 Å². The number of hydrogen-bond acceptors (Lipinski definition) is 8. The molecule has 0 unspecified atom stereocenters. The van der Waals surface area contributed by atoms with Crippen LogP contribution in [0.5, 0.6) is 46.0 Å². The van der Waals surface area contributed by atoms with Gasteiger partial charge in [0, 0.05) is 92.4 Å². The average Bonchev–Trinajstić information content (AvgIpc) is 0.816. The van der Waals surface area contributed by atoms with Gasteiger partial charge in [0.05, 0.1) is 0 Å². The number of rotatable bonds is 28. The number of benzene rings is 8. The molecule has 0 N–H and O–H groups in total. The summed E-state index contributed by atoms with van der Waals surface area (Å²) in [6.07, 6.45) is 53.4. The lowest BCUT2D eigenvalue weighted by Crippen LogP contribution is -2.17. The fourth-order valence-corrected chi connectivity index (χ4v) is 12.3. The average molecular weight is 1210 g/mol. The summed E-state index contributed by atoms with van der Waals surface area (Å²) in [4.78, 5) is 0. The minimum atomic E-state index is -0.532. The molecule has 8 aromatic carbocycles. The van der Waals surface area contributed by atoms with E-state index >= 15 is 0 Å². The Bertz CT molecular complexity index is 3430. The zero-order valence-electron chi connectivity index (χ0n) is 51.7. The van der Waals surface area contributed by atoms with Gasteiger partial charge in [0.2, 0.25) is 0 Å². The van der Waals surface area contributed by atoms with Gasteiger partial charge >= 0.3 is 0 Å². The number of aryl methyl sites for hydroxylation is 4. The van der Waals surface area contributed by atoms with E-state index in [4.69, 9.17) is 89.3 Å². The maximum atomic E-state index is 6.77. The number of ether oxygens (including phenoxy) is 8. The van der Waals surface area contributed by atoms with Gasteiger partial charge in [-0.15, -0.1) is 51.4 Å². The lowest BCUT2D eigenvalue weighted by molar-refractivity contribution is 0.335. The van der Waals surface area contributed by atoms with Crippen molar-refractivity contribution >= 4 is 0 Å². The number of fused-ring (bicyclic) bond motifs is 8. The second kappa shape index (κ2) is 33.8. The first-order chi connectivity index (χ1) is 45.3. The van der Waals surface area contributed by atoms with E-state index < -0.39 is 23.7 Å². The summed E-state index contributed by atoms with van der Waals surface area (Å²) in [5, 5.41) is 0. The predicted molar refractivity (Wildman–Crippen MR) is 367 cm³/mol. The molecule has 0 saturated carbocycles. The summed E-state index contributed by atoms with van der Waals surface area (Å²) in [7, 11) is 0. The van der Waals surface area contributed by atoms with E-state index in [1.807, 2.05) is 97.1 Å². The molecule has 0 radical (unpaired) electrons. The zero-order valence-corrected chi connectivity index (χ0v) is 51.7. The molecule has 0 aromatic heterocycles. The van der Waals surface area contributed by atoms with Crippen molar-refractivity contribution in [3.8, 4) is 145 Å². The first-order valence-electron chi connectivity index (χ1n) is 30.7. The fourth-order valence-electron chi connectivity index (χ4n) is 12.3. The summed E-state index contributed by atoms with van der Waals surface area (Å²) in [5.41, 5.74) is 10.7. The molecular formula is C84H72O8. The Morgan fingerprint density at radius 1 is 0.217 bits per heavy atom. The van der Waals surface area contributed by atoms with E-state index in [0.29, 0.717) is 97.4 Å². The van der Waals surface area contributed by atoms with Crippen LogP contribution in [0.2, 0.25) is 0 Å². The van der Waals surface area contributed by atoms with Crippen molar-refractivity contribution in [1.82, 2.24) is 0 Å². The quantitative estimate of drug-likeness (QED) is 0.0449. The van der Waals surface area contributed by atoms with E-state index in [1.165, 1.54) is 0 Å². The maximum absolute atomic E-state index is 6.77. The van der Waals surface area contributed by atoms with E-state index in [9.17, 15) is 0 Å². The molecule has 1 aliphatic carbocycles. The summed E-state index contributed by atoms with van der Waals surface area (Å²) >= 11 is 0. The third-order valence-corrected chi connectivity index (χ3v) is 16.3. The summed E-state index contributed by atoms with van der Waals surface area (Å²) in [6, 6.07) is 57.7. The van der Waals surface area contributed by atoms with Crippen LogP contribution in [-0.4, -0.2) is 52.9 Å². The molecule has 9 rings (SSSR count). The van der Waals surface area contributed by atoms with Crippen molar-refractivity contribution in [2.24, 2.45) is 0 Å². The van der Waals surface area contributed by atoms with Crippen LogP contribution >= 0.6 is 0 Å². The highest BCUT2D eigenvalue weighted by Crippen LogP contribution is 2.54. The second-order valence-corrected chi connectivity index (χ2v) is 22.0. The smallest absolute Gasteiger partial charge is 0.148 e. The van der Waals surface area contributed by atoms with Crippen LogP contribution in [0.15, 0.2) is 170 Å². The van der Waals surface area contributed by atoms with Gasteiger partial charge in [-0.1, -0.05) is 169 Å². The third-order valence-electron chi connectivity index (χ3n) is 16.3. The summed E-state index contributed by atoms with van der Waals surface area (Å²) < 4.78 is 54.1. The Morgan fingerprint density at radius 3 is 0.511 bits per heavy atom. The first kappa shape index (κ1) is 65.1. The Morgan fingerprint density at radius 2 is 0.370 bits per heavy atom. The lowest BCUT2D eigenvalue weighted by atomic mass is 9.76. The van der Waals surface area contributed by atoms with E-state index in [1.54, 1.807) is 0 Å². The fraction of sp³-hybridized carbons (Fsp3) is 0.238. The highest BCUT2D eigenvalue weighted by Gasteiger charge is 2.36. The van der Waals surface area contributed by atoms with Crippen LogP contribution in [0.25, 0.3) is 0 Å². The van der Waals surface area contributed by atoms with Gasteiger partial charge in [-0.3, -0.25) is 0 Å². The molecule has 8 nitrogen and oxygen atoms in total. The Balaban J connectivity index is 1.52. The van der Waals surface area contributed by atoms with Gasteiger partial charge in [-0.2, -0.15) is 0 Å². The van der Waals surface area contributed by atoms with Crippen molar-refractivity contribution in [3.05, 3.63) is 237 Å². The lowest BCUT2D eigenvalue weighted by Gasteiger charge is -2.32. The molecule has 0 amide bonds. The molecule has 1 aliphatic rings. The standard InChI is InChI=1S/C84H72O8/c1-9-45-85-77-57-78(86-46-10-2)70-53-69(77)65(41-37-61-29-21-17-22-30-61)71-54-72(80(88-48-12-4)58-79(71)87-47-11-3)67(43-39-63-33-25-19-26-34-63)75-56-76(84(92-52-16-8)60-83(75)91-51-15-7)68(44-40-64-35-27-20-28-36-64)74-55-73(66(70)42-38-62-31-23-18-24-32-62)81(89-49-13-5)59-82(74)90-50-14-6/h1-8,17-36,53-60,65-68H,37-52H2. The second-order valence-electron chi connectivity index (χ2n) is 22.0. The maximum Gasteiger partial charge on any atom is 0.148 e. The van der Waals surface area contributed by atoms with E-state index in [2.05, 4.69) is 120 Å². The molecule has 0 fully saturated rings. The van der Waals surface area contributed by atoms with Crippen LogP contribution in [0.3, 0.4) is 0 Å². The Kier molecular flexibility index (Phi) is 23.9. The van der Waals surface area contributed by atoms with Gasteiger partial charge in [0.25, 0.3) is 0 Å². The van der Waals surface area contributed by atoms with E-state index in [0.717, 1.165) is 66.8 Å². The van der Waals surface area contributed by atoms with Gasteiger partial charge in [-0.25, -0.2) is 0 Å². The van der Waals surface area contributed by atoms with Crippen LogP contribution in [-0.2, 0) is 25.7 Å². The molecule has 8 heteroatoms. The molecule has 0 saturated heterocycles. The van der Waals surface area contributed by atoms with Crippen LogP contribution < -0.4 is 37.9 Å². The Hall–Kier alpha value is -11.4. The predicted octanol–water partition coefficient (Wildman–Crippen LogP) is 15.2. The molecule has 8 aromatic rings. The molecule has 0 spiro atoms. The highest BCUT2D eigenvalue weighted by atomic mass is 16.5. The first-order valence-corrected chi connectivity index (χ1v) is 30.7. The minimum absolute atomic E-state index is 0.0728. The van der Waals surface area contributed by atoms with Crippen molar-refractivity contribution in [3.63, 3.8) is 0 Å². The van der Waals surface area contributed by atoms with Crippen molar-refractivity contribution in [2.75, 3.05) is 52.9 Å². The minimum Gasteiger partial charge on any atom is -0.481 e. The van der Waals surface area contributed by atoms with Crippen molar-refractivity contribution < 1.29 is 37.9 Å². The largest absolute Gasteiger partial charge is 0.481 e. The molecule has 0 atom stereocenters. The van der Waals surface area contributed by atoms with Crippen LogP contribution in [0, 0.1) is 98.8 Å². The molecule has 8 bridgehead atoms. The molecule has 0 aliphatic heterocycles. The number of hydrogen-bond donors (Lipinski definition) is 0. The molecule has 92 heavy (non-hydrogen) atoms. The zero-order chi connectivity index (χ0) is 64.3. The van der Waals surface area contributed by atoms with Crippen LogP contribution in [0.4, 0.5) is 0 Å². The number of terminal acetylenes is 8. The summed E-state index contributed by atoms with van der Waals surface area (Å²) in [6.45, 7) is -0.582. The normalized spacial score (nSPS) is 14.3. The molecular weight excluding hydrogens is 1140 g/mol. The summed E-state index contributed by atoms with van der Waals surface area (Å²) in [5.74, 6) is 23.4.